The van der Waals surface area contributed by atoms with Gasteiger partial charge in [0.25, 0.3) is 0 Å². The molecule has 3 aliphatic rings. The van der Waals surface area contributed by atoms with Gasteiger partial charge >= 0.3 is 0 Å². The maximum Gasteiger partial charge on any atom is 0.223 e. The number of benzene rings is 1. The molecule has 152 valence electrons. The first-order chi connectivity index (χ1) is 13.7. The van der Waals surface area contributed by atoms with Crippen LogP contribution in [-0.4, -0.2) is 36.7 Å². The highest BCUT2D eigenvalue weighted by molar-refractivity contribution is 7.98. The third kappa shape index (κ3) is 4.83. The Labute approximate surface area is 174 Å². The Hall–Kier alpha value is -1.26. The van der Waals surface area contributed by atoms with Crippen molar-refractivity contribution in [2.45, 2.75) is 62.8 Å². The van der Waals surface area contributed by atoms with Gasteiger partial charge in [0.1, 0.15) is 0 Å². The van der Waals surface area contributed by atoms with E-state index in [9.17, 15) is 4.79 Å². The molecule has 4 heteroatoms. The lowest BCUT2D eigenvalue weighted by Crippen LogP contribution is -2.37. The molecule has 1 saturated carbocycles. The summed E-state index contributed by atoms with van der Waals surface area (Å²) in [5.41, 5.74) is 3.26. The van der Waals surface area contributed by atoms with Crippen LogP contribution in [0.1, 0.15) is 56.9 Å². The number of nitrogens with one attached hydrogen (secondary N) is 1. The van der Waals surface area contributed by atoms with Gasteiger partial charge in [0.15, 0.2) is 0 Å². The zero-order valence-electron chi connectivity index (χ0n) is 17.2. The van der Waals surface area contributed by atoms with Crippen molar-refractivity contribution in [2.24, 2.45) is 11.3 Å². The minimum Gasteiger partial charge on any atom is -0.356 e. The number of allylic oxidation sites excluding steroid dienone is 1. The Bertz CT molecular complexity index is 704. The largest absolute Gasteiger partial charge is 0.356 e. The predicted molar refractivity (Wildman–Crippen MR) is 117 cm³/mol. The van der Waals surface area contributed by atoms with Crippen LogP contribution in [0.2, 0.25) is 0 Å². The third-order valence-electron chi connectivity index (χ3n) is 7.05. The van der Waals surface area contributed by atoms with E-state index in [4.69, 9.17) is 0 Å². The first-order valence-electron chi connectivity index (χ1n) is 11.0. The number of piperidine rings is 1. The molecule has 2 fully saturated rings. The van der Waals surface area contributed by atoms with E-state index < -0.39 is 0 Å². The van der Waals surface area contributed by atoms with Crippen LogP contribution in [0.5, 0.6) is 0 Å². The van der Waals surface area contributed by atoms with E-state index in [0.717, 1.165) is 39.0 Å². The Morgan fingerprint density at radius 3 is 2.68 bits per heavy atom. The summed E-state index contributed by atoms with van der Waals surface area (Å²) in [7, 11) is 0. The zero-order valence-corrected chi connectivity index (χ0v) is 18.0. The van der Waals surface area contributed by atoms with E-state index >= 15 is 0 Å². The van der Waals surface area contributed by atoms with Gasteiger partial charge in [-0.1, -0.05) is 23.8 Å². The maximum absolute atomic E-state index is 12.6. The van der Waals surface area contributed by atoms with E-state index in [2.05, 4.69) is 46.8 Å². The molecule has 4 rings (SSSR count). The van der Waals surface area contributed by atoms with Crippen LogP contribution in [0, 0.1) is 11.3 Å². The van der Waals surface area contributed by atoms with Crippen LogP contribution in [0.15, 0.2) is 40.8 Å². The number of likely N-dealkylation sites (tertiary alicyclic amines) is 1. The van der Waals surface area contributed by atoms with Crippen molar-refractivity contribution in [3.05, 3.63) is 41.5 Å². The van der Waals surface area contributed by atoms with Gasteiger partial charge in [-0.3, -0.25) is 9.69 Å². The van der Waals surface area contributed by atoms with Crippen LogP contribution in [0.3, 0.4) is 0 Å². The summed E-state index contributed by atoms with van der Waals surface area (Å²) in [5, 5.41) is 3.23. The quantitative estimate of drug-likeness (QED) is 0.517. The standard InChI is InChI=1S/C24H34N2OS/c1-28-21-9-7-20(8-10-21)18-26-15-12-24(13-16-26)17-22(24)23(27)25-14-11-19-5-3-2-4-6-19/h5,7-10,22H,2-4,6,11-18H2,1H3,(H,25,27)/t22-/m1/s1. The molecule has 1 amide bonds. The average molecular weight is 399 g/mol. The molecule has 2 aliphatic carbocycles. The average Bonchev–Trinajstić information content (AvgIpc) is 3.45. The van der Waals surface area contributed by atoms with Gasteiger partial charge in [0.2, 0.25) is 5.91 Å². The molecule has 0 bridgehead atoms. The van der Waals surface area contributed by atoms with Crippen molar-refractivity contribution in [1.82, 2.24) is 10.2 Å². The predicted octanol–water partition coefficient (Wildman–Crippen LogP) is 5.02. The van der Waals surface area contributed by atoms with Crippen molar-refractivity contribution in [1.29, 1.82) is 0 Å². The fraction of sp³-hybridized carbons (Fsp3) is 0.625. The number of hydrogen-bond donors (Lipinski definition) is 1. The number of carbonyl (C=O) groups is 1. The second-order valence-corrected chi connectivity index (χ2v) is 9.77. The number of carbonyl (C=O) groups excluding carboxylic acids is 1. The molecule has 1 aromatic rings. The summed E-state index contributed by atoms with van der Waals surface area (Å²) in [6.07, 6.45) is 14.1. The number of hydrogen-bond acceptors (Lipinski definition) is 3. The smallest absolute Gasteiger partial charge is 0.223 e. The molecule has 1 N–H and O–H groups in total. The van der Waals surface area contributed by atoms with Crippen molar-refractivity contribution in [2.75, 3.05) is 25.9 Å². The lowest BCUT2D eigenvalue weighted by Gasteiger charge is -2.32. The van der Waals surface area contributed by atoms with E-state index in [1.54, 1.807) is 17.3 Å². The zero-order chi connectivity index (χ0) is 19.4. The number of thioether (sulfide) groups is 1. The van der Waals surface area contributed by atoms with Gasteiger partial charge in [0, 0.05) is 23.9 Å². The highest BCUT2D eigenvalue weighted by Gasteiger charge is 2.58. The molecule has 1 heterocycles. The maximum atomic E-state index is 12.6. The Morgan fingerprint density at radius 2 is 2.00 bits per heavy atom. The van der Waals surface area contributed by atoms with Crippen molar-refractivity contribution in [3.63, 3.8) is 0 Å². The summed E-state index contributed by atoms with van der Waals surface area (Å²) < 4.78 is 0. The van der Waals surface area contributed by atoms with Crippen molar-refractivity contribution >= 4 is 17.7 Å². The van der Waals surface area contributed by atoms with Gasteiger partial charge in [-0.15, -0.1) is 11.8 Å². The minimum absolute atomic E-state index is 0.274. The summed E-state index contributed by atoms with van der Waals surface area (Å²) in [6, 6.07) is 8.95. The molecular weight excluding hydrogens is 364 g/mol. The highest BCUT2D eigenvalue weighted by Crippen LogP contribution is 2.59. The summed E-state index contributed by atoms with van der Waals surface area (Å²) in [4.78, 5) is 16.5. The van der Waals surface area contributed by atoms with Crippen LogP contribution >= 0.6 is 11.8 Å². The Morgan fingerprint density at radius 1 is 1.21 bits per heavy atom. The second-order valence-electron chi connectivity index (χ2n) is 8.89. The molecular formula is C24H34N2OS. The SMILES string of the molecule is CSc1ccc(CN2CCC3(CC2)C[C@@H]3C(=O)NCCC2=CCCCC2)cc1. The van der Waals surface area contributed by atoms with Gasteiger partial charge in [-0.2, -0.15) is 0 Å². The summed E-state index contributed by atoms with van der Waals surface area (Å²) in [6.45, 7) is 4.12. The monoisotopic (exact) mass is 398 g/mol. The van der Waals surface area contributed by atoms with E-state index in [-0.39, 0.29) is 5.92 Å². The molecule has 1 spiro atoms. The molecule has 1 saturated heterocycles. The normalized spacial score (nSPS) is 24.0. The van der Waals surface area contributed by atoms with Crippen LogP contribution in [-0.2, 0) is 11.3 Å². The second kappa shape index (κ2) is 9.04. The topological polar surface area (TPSA) is 32.3 Å². The van der Waals surface area contributed by atoms with Crippen LogP contribution in [0.4, 0.5) is 0 Å². The Kier molecular flexibility index (Phi) is 6.47. The number of amides is 1. The van der Waals surface area contributed by atoms with E-state index in [1.807, 2.05) is 0 Å². The molecule has 1 aliphatic heterocycles. The molecule has 28 heavy (non-hydrogen) atoms. The van der Waals surface area contributed by atoms with E-state index in [1.165, 1.54) is 49.0 Å². The molecule has 3 nitrogen and oxygen atoms in total. The summed E-state index contributed by atoms with van der Waals surface area (Å²) in [5.74, 6) is 0.591. The summed E-state index contributed by atoms with van der Waals surface area (Å²) >= 11 is 1.79. The molecule has 1 atom stereocenters. The molecule has 1 aromatic carbocycles. The molecule has 0 aromatic heterocycles. The molecule has 0 unspecified atom stereocenters. The lowest BCUT2D eigenvalue weighted by atomic mass is 9.90. The molecule has 0 radical (unpaired) electrons. The van der Waals surface area contributed by atoms with Crippen molar-refractivity contribution < 1.29 is 4.79 Å². The fourth-order valence-electron chi connectivity index (χ4n) is 5.02. The fourth-order valence-corrected chi connectivity index (χ4v) is 5.43. The highest BCUT2D eigenvalue weighted by atomic mass is 32.2. The minimum atomic E-state index is 0.274. The lowest BCUT2D eigenvalue weighted by molar-refractivity contribution is -0.123. The van der Waals surface area contributed by atoms with Crippen LogP contribution in [0.25, 0.3) is 0 Å². The van der Waals surface area contributed by atoms with Gasteiger partial charge in [0.05, 0.1) is 0 Å². The van der Waals surface area contributed by atoms with Gasteiger partial charge in [-0.25, -0.2) is 0 Å². The van der Waals surface area contributed by atoms with Crippen molar-refractivity contribution in [3.8, 4) is 0 Å². The number of rotatable bonds is 7. The number of nitrogens with zero attached hydrogens (tertiary/aromatic N) is 1. The van der Waals surface area contributed by atoms with Gasteiger partial charge in [-0.05, 0) is 93.8 Å². The van der Waals surface area contributed by atoms with Crippen LogP contribution < -0.4 is 5.32 Å². The Balaban J connectivity index is 1.18. The van der Waals surface area contributed by atoms with Gasteiger partial charge < -0.3 is 5.32 Å². The van der Waals surface area contributed by atoms with E-state index in [0.29, 0.717) is 11.3 Å². The third-order valence-corrected chi connectivity index (χ3v) is 7.80. The first kappa shape index (κ1) is 20.0. The first-order valence-corrected chi connectivity index (χ1v) is 12.2.